The van der Waals surface area contributed by atoms with Gasteiger partial charge in [0.05, 0.1) is 31.0 Å². The second-order valence-electron chi connectivity index (χ2n) is 7.32. The summed E-state index contributed by atoms with van der Waals surface area (Å²) in [6, 6.07) is 17.1. The predicted molar refractivity (Wildman–Crippen MR) is 115 cm³/mol. The minimum absolute atomic E-state index is 0.0551. The molecule has 1 amide bonds. The Morgan fingerprint density at radius 2 is 1.90 bits per heavy atom. The number of aliphatic hydroxyl groups excluding tert-OH is 1. The van der Waals surface area contributed by atoms with Crippen molar-refractivity contribution >= 4 is 17.4 Å². The Morgan fingerprint density at radius 3 is 2.61 bits per heavy atom. The first-order chi connectivity index (χ1) is 15.0. The number of Topliss-reactive ketones (excluding diaryl/α,β-unsaturated/α-hetero) is 1. The molecule has 0 aliphatic carbocycles. The molecule has 2 aromatic carbocycles. The Labute approximate surface area is 180 Å². The number of carbonyl (C=O) groups excluding carboxylic acids is 2. The van der Waals surface area contributed by atoms with Crippen LogP contribution in [-0.4, -0.2) is 28.3 Å². The van der Waals surface area contributed by atoms with Crippen LogP contribution < -0.4 is 4.74 Å². The monoisotopic (exact) mass is 417 g/mol. The van der Waals surface area contributed by atoms with E-state index in [2.05, 4.69) is 0 Å². The summed E-state index contributed by atoms with van der Waals surface area (Å²) in [5, 5.41) is 11.2. The second-order valence-corrected chi connectivity index (χ2v) is 7.32. The van der Waals surface area contributed by atoms with E-state index < -0.39 is 17.7 Å². The number of amides is 1. The highest BCUT2D eigenvalue weighted by Gasteiger charge is 2.46. The zero-order valence-corrected chi connectivity index (χ0v) is 17.4. The summed E-state index contributed by atoms with van der Waals surface area (Å²) in [5.74, 6) is -0.496. The van der Waals surface area contributed by atoms with Crippen LogP contribution in [0, 0.1) is 6.92 Å². The number of ketones is 1. The van der Waals surface area contributed by atoms with Gasteiger partial charge in [-0.15, -0.1) is 0 Å². The van der Waals surface area contributed by atoms with Gasteiger partial charge < -0.3 is 19.2 Å². The van der Waals surface area contributed by atoms with Crippen LogP contribution in [0.25, 0.3) is 5.76 Å². The number of carbonyl (C=O) groups is 2. The van der Waals surface area contributed by atoms with Crippen molar-refractivity contribution in [2.45, 2.75) is 26.4 Å². The van der Waals surface area contributed by atoms with Gasteiger partial charge in [0.25, 0.3) is 11.7 Å². The van der Waals surface area contributed by atoms with E-state index in [0.717, 1.165) is 11.1 Å². The van der Waals surface area contributed by atoms with E-state index in [9.17, 15) is 14.7 Å². The van der Waals surface area contributed by atoms with E-state index in [0.29, 0.717) is 23.7 Å². The first-order valence-corrected chi connectivity index (χ1v) is 10.1. The van der Waals surface area contributed by atoms with Crippen molar-refractivity contribution in [2.24, 2.45) is 0 Å². The molecule has 0 bridgehead atoms. The molecule has 4 rings (SSSR count). The summed E-state index contributed by atoms with van der Waals surface area (Å²) in [6.07, 6.45) is 1.52. The number of aliphatic hydroxyl groups is 1. The quantitative estimate of drug-likeness (QED) is 0.360. The Morgan fingerprint density at radius 1 is 1.10 bits per heavy atom. The molecule has 1 fully saturated rings. The van der Waals surface area contributed by atoms with Crippen LogP contribution >= 0.6 is 0 Å². The fourth-order valence-electron chi connectivity index (χ4n) is 3.89. The second kappa shape index (κ2) is 8.52. The van der Waals surface area contributed by atoms with E-state index >= 15 is 0 Å². The Hall–Kier alpha value is -3.80. The molecule has 0 radical (unpaired) electrons. The molecule has 1 aliphatic rings. The van der Waals surface area contributed by atoms with Gasteiger partial charge in [-0.25, -0.2) is 0 Å². The van der Waals surface area contributed by atoms with Crippen molar-refractivity contribution < 1.29 is 23.8 Å². The topological polar surface area (TPSA) is 80.0 Å². The maximum absolute atomic E-state index is 13.1. The van der Waals surface area contributed by atoms with E-state index in [1.807, 2.05) is 38.1 Å². The SMILES string of the molecule is CCOc1cccc(/C(O)=C2\C(=O)C(=O)N(Cc3ccco3)C2c2ccccc2C)c1. The summed E-state index contributed by atoms with van der Waals surface area (Å²) < 4.78 is 10.9. The molecule has 1 unspecified atom stereocenters. The molecule has 158 valence electrons. The van der Waals surface area contributed by atoms with Crippen molar-refractivity contribution in [2.75, 3.05) is 6.61 Å². The molecular formula is C25H23NO5. The van der Waals surface area contributed by atoms with Gasteiger partial charge in [-0.2, -0.15) is 0 Å². The third kappa shape index (κ3) is 3.84. The molecule has 2 heterocycles. The summed E-state index contributed by atoms with van der Waals surface area (Å²) in [5.41, 5.74) is 2.16. The maximum Gasteiger partial charge on any atom is 0.296 e. The van der Waals surface area contributed by atoms with Gasteiger partial charge in [0.15, 0.2) is 0 Å². The number of likely N-dealkylation sites (tertiary alicyclic amines) is 1. The Kier molecular flexibility index (Phi) is 5.62. The standard InChI is InChI=1S/C25H23NO5/c1-3-30-18-10-6-9-17(14-18)23(27)21-22(20-12-5-4-8-16(20)2)26(25(29)24(21)28)15-19-11-7-13-31-19/h4-14,22,27H,3,15H2,1-2H3/b23-21+. The normalized spacial score (nSPS) is 17.9. The maximum atomic E-state index is 13.1. The molecule has 1 aromatic heterocycles. The fourth-order valence-corrected chi connectivity index (χ4v) is 3.89. The summed E-state index contributed by atoms with van der Waals surface area (Å²) in [7, 11) is 0. The van der Waals surface area contributed by atoms with Crippen LogP contribution in [0.2, 0.25) is 0 Å². The van der Waals surface area contributed by atoms with Gasteiger partial charge in [-0.3, -0.25) is 9.59 Å². The van der Waals surface area contributed by atoms with Gasteiger partial charge in [0.2, 0.25) is 0 Å². The zero-order valence-electron chi connectivity index (χ0n) is 17.4. The number of aryl methyl sites for hydroxylation is 1. The number of furan rings is 1. The van der Waals surface area contributed by atoms with Crippen LogP contribution in [0.15, 0.2) is 76.9 Å². The number of ether oxygens (including phenoxy) is 1. The van der Waals surface area contributed by atoms with Crippen molar-refractivity contribution in [1.82, 2.24) is 4.90 Å². The largest absolute Gasteiger partial charge is 0.507 e. The van der Waals surface area contributed by atoms with Gasteiger partial charge in [-0.1, -0.05) is 36.4 Å². The number of hydrogen-bond donors (Lipinski definition) is 1. The van der Waals surface area contributed by atoms with E-state index in [-0.39, 0.29) is 17.9 Å². The molecule has 6 nitrogen and oxygen atoms in total. The van der Waals surface area contributed by atoms with Crippen LogP contribution in [0.4, 0.5) is 0 Å². The molecular weight excluding hydrogens is 394 g/mol. The van der Waals surface area contributed by atoms with E-state index in [1.54, 1.807) is 36.4 Å². The van der Waals surface area contributed by atoms with Crippen molar-refractivity contribution in [3.05, 3.63) is 95.0 Å². The van der Waals surface area contributed by atoms with Crippen molar-refractivity contribution in [3.63, 3.8) is 0 Å². The molecule has 1 aliphatic heterocycles. The molecule has 1 saturated heterocycles. The zero-order chi connectivity index (χ0) is 22.0. The summed E-state index contributed by atoms with van der Waals surface area (Å²) >= 11 is 0. The van der Waals surface area contributed by atoms with Gasteiger partial charge >= 0.3 is 0 Å². The lowest BCUT2D eigenvalue weighted by atomic mass is 9.92. The number of benzene rings is 2. The average Bonchev–Trinajstić information content (AvgIpc) is 3.37. The molecule has 31 heavy (non-hydrogen) atoms. The summed E-state index contributed by atoms with van der Waals surface area (Å²) in [4.78, 5) is 27.5. The molecule has 3 aromatic rings. The van der Waals surface area contributed by atoms with Crippen LogP contribution in [-0.2, 0) is 16.1 Å². The highest BCUT2D eigenvalue weighted by molar-refractivity contribution is 6.46. The molecule has 0 spiro atoms. The van der Waals surface area contributed by atoms with Crippen LogP contribution in [0.5, 0.6) is 5.75 Å². The average molecular weight is 417 g/mol. The van der Waals surface area contributed by atoms with E-state index in [4.69, 9.17) is 9.15 Å². The molecule has 1 N–H and O–H groups in total. The van der Waals surface area contributed by atoms with Crippen LogP contribution in [0.1, 0.15) is 35.4 Å². The number of nitrogens with zero attached hydrogens (tertiary/aromatic N) is 1. The highest BCUT2D eigenvalue weighted by Crippen LogP contribution is 2.41. The Bertz CT molecular complexity index is 1150. The minimum atomic E-state index is -0.734. The first-order valence-electron chi connectivity index (χ1n) is 10.1. The first kappa shape index (κ1) is 20.5. The lowest BCUT2D eigenvalue weighted by Gasteiger charge is -2.25. The van der Waals surface area contributed by atoms with Crippen LogP contribution in [0.3, 0.4) is 0 Å². The smallest absolute Gasteiger partial charge is 0.296 e. The van der Waals surface area contributed by atoms with Crippen molar-refractivity contribution in [3.8, 4) is 5.75 Å². The lowest BCUT2D eigenvalue weighted by Crippen LogP contribution is -2.29. The third-order valence-electron chi connectivity index (χ3n) is 5.35. The van der Waals surface area contributed by atoms with Crippen molar-refractivity contribution in [1.29, 1.82) is 0 Å². The lowest BCUT2D eigenvalue weighted by molar-refractivity contribution is -0.140. The third-order valence-corrected chi connectivity index (χ3v) is 5.35. The molecule has 1 atom stereocenters. The van der Waals surface area contributed by atoms with Gasteiger partial charge in [-0.05, 0) is 49.2 Å². The van der Waals surface area contributed by atoms with E-state index in [1.165, 1.54) is 11.2 Å². The molecule has 6 heteroatoms. The highest BCUT2D eigenvalue weighted by atomic mass is 16.5. The number of rotatable bonds is 6. The Balaban J connectivity index is 1.87. The van der Waals surface area contributed by atoms with Gasteiger partial charge in [0.1, 0.15) is 17.3 Å². The summed E-state index contributed by atoms with van der Waals surface area (Å²) in [6.45, 7) is 4.37. The predicted octanol–water partition coefficient (Wildman–Crippen LogP) is 4.61. The fraction of sp³-hybridized carbons (Fsp3) is 0.200. The number of hydrogen-bond acceptors (Lipinski definition) is 5. The molecule has 0 saturated carbocycles. The minimum Gasteiger partial charge on any atom is -0.507 e. The van der Waals surface area contributed by atoms with Gasteiger partial charge in [0, 0.05) is 5.56 Å².